The molecule has 22 heavy (non-hydrogen) atoms. The first-order valence-electron chi connectivity index (χ1n) is 7.83. The second-order valence-corrected chi connectivity index (χ2v) is 6.11. The molecule has 120 valence electrons. The molecule has 2 N–H and O–H groups in total. The van der Waals surface area contributed by atoms with Crippen LogP contribution in [0.3, 0.4) is 0 Å². The average Bonchev–Trinajstić information content (AvgIpc) is 3.32. The maximum Gasteiger partial charge on any atom is 0.322 e. The van der Waals surface area contributed by atoms with E-state index in [4.69, 9.17) is 4.52 Å². The first-order valence-corrected chi connectivity index (χ1v) is 7.83. The molecule has 1 atom stereocenters. The van der Waals surface area contributed by atoms with Crippen LogP contribution in [0.15, 0.2) is 4.52 Å². The number of carbonyl (C=O) groups is 2. The van der Waals surface area contributed by atoms with Crippen molar-refractivity contribution >= 4 is 17.6 Å². The van der Waals surface area contributed by atoms with Gasteiger partial charge < -0.3 is 20.1 Å². The third-order valence-electron chi connectivity index (χ3n) is 4.39. The van der Waals surface area contributed by atoms with Crippen molar-refractivity contribution in [3.8, 4) is 0 Å². The van der Waals surface area contributed by atoms with Gasteiger partial charge in [-0.3, -0.25) is 4.79 Å². The zero-order chi connectivity index (χ0) is 15.7. The fraction of sp³-hybridized carbons (Fsp3) is 0.667. The van der Waals surface area contributed by atoms with Gasteiger partial charge in [0.15, 0.2) is 5.76 Å². The number of piperidine rings is 1. The lowest BCUT2D eigenvalue weighted by molar-refractivity contribution is -0.125. The highest BCUT2D eigenvalue weighted by atomic mass is 16.5. The number of aromatic nitrogens is 1. The number of hydrogen-bond donors (Lipinski definition) is 2. The lowest BCUT2D eigenvalue weighted by Gasteiger charge is -2.31. The fourth-order valence-electron chi connectivity index (χ4n) is 2.93. The number of likely N-dealkylation sites (tertiary alicyclic amines) is 1. The molecule has 1 aliphatic heterocycles. The standard InChI is InChI=1S/C15H22N4O3/c1-9-12(13(22-18-9)10-5-6-10)17-15(21)19-7-3-4-11(8-19)14(20)16-2/h10-11H,3-8H2,1-2H3,(H,16,20)(H,17,21). The minimum Gasteiger partial charge on any atom is -0.359 e. The van der Waals surface area contributed by atoms with Gasteiger partial charge in [0, 0.05) is 26.1 Å². The van der Waals surface area contributed by atoms with Crippen LogP contribution in [-0.4, -0.2) is 42.1 Å². The lowest BCUT2D eigenvalue weighted by atomic mass is 9.97. The highest BCUT2D eigenvalue weighted by Gasteiger charge is 2.33. The molecule has 1 saturated carbocycles. The molecule has 2 fully saturated rings. The van der Waals surface area contributed by atoms with E-state index in [-0.39, 0.29) is 17.9 Å². The minimum absolute atomic E-state index is 0.00247. The van der Waals surface area contributed by atoms with E-state index in [1.807, 2.05) is 6.92 Å². The van der Waals surface area contributed by atoms with Crippen molar-refractivity contribution in [2.75, 3.05) is 25.5 Å². The third-order valence-corrected chi connectivity index (χ3v) is 4.39. The Morgan fingerprint density at radius 2 is 2.09 bits per heavy atom. The average molecular weight is 306 g/mol. The van der Waals surface area contributed by atoms with Crippen molar-refractivity contribution in [2.45, 2.75) is 38.5 Å². The molecule has 1 unspecified atom stereocenters. The van der Waals surface area contributed by atoms with Gasteiger partial charge in [0.1, 0.15) is 11.4 Å². The molecule has 1 aromatic rings. The van der Waals surface area contributed by atoms with Crippen molar-refractivity contribution in [3.63, 3.8) is 0 Å². The summed E-state index contributed by atoms with van der Waals surface area (Å²) in [5.41, 5.74) is 1.41. The van der Waals surface area contributed by atoms with Crippen molar-refractivity contribution in [2.24, 2.45) is 5.92 Å². The van der Waals surface area contributed by atoms with E-state index in [9.17, 15) is 9.59 Å². The summed E-state index contributed by atoms with van der Waals surface area (Å²) in [5.74, 6) is 1.04. The fourth-order valence-corrected chi connectivity index (χ4v) is 2.93. The van der Waals surface area contributed by atoms with Crippen molar-refractivity contribution in [1.29, 1.82) is 0 Å². The van der Waals surface area contributed by atoms with Gasteiger partial charge in [0.05, 0.1) is 5.92 Å². The molecule has 0 aromatic carbocycles. The Balaban J connectivity index is 1.66. The van der Waals surface area contributed by atoms with Crippen LogP contribution in [0.25, 0.3) is 0 Å². The summed E-state index contributed by atoms with van der Waals surface area (Å²) in [4.78, 5) is 25.9. The molecule has 1 saturated heterocycles. The Kier molecular flexibility index (Phi) is 4.04. The number of hydrogen-bond acceptors (Lipinski definition) is 4. The minimum atomic E-state index is -0.179. The summed E-state index contributed by atoms with van der Waals surface area (Å²) >= 11 is 0. The Labute approximate surface area is 129 Å². The van der Waals surface area contributed by atoms with Gasteiger partial charge >= 0.3 is 6.03 Å². The molecule has 3 rings (SSSR count). The highest BCUT2D eigenvalue weighted by Crippen LogP contribution is 2.44. The SMILES string of the molecule is CNC(=O)C1CCCN(C(=O)Nc2c(C)noc2C2CC2)C1. The van der Waals surface area contributed by atoms with E-state index in [0.717, 1.165) is 31.4 Å². The second kappa shape index (κ2) is 5.98. The predicted molar refractivity (Wildman–Crippen MR) is 80.6 cm³/mol. The van der Waals surface area contributed by atoms with Gasteiger partial charge in [0.25, 0.3) is 0 Å². The molecule has 1 aliphatic carbocycles. The van der Waals surface area contributed by atoms with Gasteiger partial charge in [0.2, 0.25) is 5.91 Å². The van der Waals surface area contributed by atoms with Crippen LogP contribution in [-0.2, 0) is 4.79 Å². The highest BCUT2D eigenvalue weighted by molar-refractivity contribution is 5.91. The number of nitrogens with one attached hydrogen (secondary N) is 2. The molecule has 3 amide bonds. The van der Waals surface area contributed by atoms with E-state index >= 15 is 0 Å². The first kappa shape index (κ1) is 14.9. The topological polar surface area (TPSA) is 87.5 Å². The van der Waals surface area contributed by atoms with Crippen LogP contribution in [0.5, 0.6) is 0 Å². The normalized spacial score (nSPS) is 21.5. The number of urea groups is 1. The number of carbonyl (C=O) groups excluding carboxylic acids is 2. The molecular formula is C15H22N4O3. The van der Waals surface area contributed by atoms with Gasteiger partial charge in [-0.15, -0.1) is 0 Å². The summed E-state index contributed by atoms with van der Waals surface area (Å²) in [6.45, 7) is 2.95. The Morgan fingerprint density at radius 1 is 1.32 bits per heavy atom. The quantitative estimate of drug-likeness (QED) is 0.892. The summed E-state index contributed by atoms with van der Waals surface area (Å²) in [5, 5.41) is 9.55. The monoisotopic (exact) mass is 306 g/mol. The molecule has 0 radical (unpaired) electrons. The second-order valence-electron chi connectivity index (χ2n) is 6.11. The van der Waals surface area contributed by atoms with E-state index in [0.29, 0.717) is 30.4 Å². The van der Waals surface area contributed by atoms with Crippen molar-refractivity contribution in [3.05, 3.63) is 11.5 Å². The maximum absolute atomic E-state index is 12.5. The van der Waals surface area contributed by atoms with E-state index in [1.165, 1.54) is 0 Å². The van der Waals surface area contributed by atoms with Crippen LogP contribution in [0.4, 0.5) is 10.5 Å². The predicted octanol–water partition coefficient (Wildman–Crippen LogP) is 1.85. The maximum atomic E-state index is 12.5. The summed E-state index contributed by atoms with van der Waals surface area (Å²) in [7, 11) is 1.63. The van der Waals surface area contributed by atoms with Gasteiger partial charge in [-0.2, -0.15) is 0 Å². The molecule has 2 heterocycles. The van der Waals surface area contributed by atoms with Gasteiger partial charge in [-0.05, 0) is 32.6 Å². The number of rotatable bonds is 3. The van der Waals surface area contributed by atoms with E-state index < -0.39 is 0 Å². The van der Waals surface area contributed by atoms with E-state index in [1.54, 1.807) is 11.9 Å². The molecule has 7 nitrogen and oxygen atoms in total. The van der Waals surface area contributed by atoms with Crippen LogP contribution >= 0.6 is 0 Å². The molecule has 1 aromatic heterocycles. The first-order chi connectivity index (χ1) is 10.6. The van der Waals surface area contributed by atoms with Gasteiger partial charge in [-0.25, -0.2) is 4.79 Å². The molecule has 0 spiro atoms. The van der Waals surface area contributed by atoms with E-state index in [2.05, 4.69) is 15.8 Å². The van der Waals surface area contributed by atoms with Crippen molar-refractivity contribution < 1.29 is 14.1 Å². The molecule has 0 bridgehead atoms. The summed E-state index contributed by atoms with van der Waals surface area (Å²) in [6.07, 6.45) is 3.83. The number of anilines is 1. The smallest absolute Gasteiger partial charge is 0.322 e. The third kappa shape index (κ3) is 2.93. The zero-order valence-electron chi connectivity index (χ0n) is 13.0. The molecule has 7 heteroatoms. The van der Waals surface area contributed by atoms with Crippen molar-refractivity contribution in [1.82, 2.24) is 15.4 Å². The van der Waals surface area contributed by atoms with Crippen LogP contribution in [0, 0.1) is 12.8 Å². The molecular weight excluding hydrogens is 284 g/mol. The summed E-state index contributed by atoms with van der Waals surface area (Å²) in [6, 6.07) is -0.179. The van der Waals surface area contributed by atoms with Gasteiger partial charge in [-0.1, -0.05) is 5.16 Å². The lowest BCUT2D eigenvalue weighted by Crippen LogP contribution is -2.46. The number of aryl methyl sites for hydroxylation is 1. The van der Waals surface area contributed by atoms with Crippen LogP contribution in [0.2, 0.25) is 0 Å². The molecule has 2 aliphatic rings. The Hall–Kier alpha value is -2.05. The number of amides is 3. The zero-order valence-corrected chi connectivity index (χ0v) is 13.0. The summed E-state index contributed by atoms with van der Waals surface area (Å²) < 4.78 is 5.34. The van der Waals surface area contributed by atoms with Crippen LogP contribution in [0.1, 0.15) is 43.1 Å². The Morgan fingerprint density at radius 3 is 2.77 bits per heavy atom. The van der Waals surface area contributed by atoms with Crippen LogP contribution < -0.4 is 10.6 Å². The number of nitrogens with zero attached hydrogens (tertiary/aromatic N) is 2. The Bertz CT molecular complexity index is 579. The largest absolute Gasteiger partial charge is 0.359 e.